The molecule has 11 aromatic rings. The zero-order valence-corrected chi connectivity index (χ0v) is 31.4. The van der Waals surface area contributed by atoms with Crippen molar-refractivity contribution in [1.29, 1.82) is 0 Å². The van der Waals surface area contributed by atoms with E-state index in [1.165, 1.54) is 11.1 Å². The van der Waals surface area contributed by atoms with Gasteiger partial charge in [0.05, 0.1) is 0 Å². The Morgan fingerprint density at radius 1 is 0.397 bits per heavy atom. The number of para-hydroxylation sites is 2. The molecule has 0 amide bonds. The van der Waals surface area contributed by atoms with Crippen molar-refractivity contribution in [2.75, 3.05) is 0 Å². The van der Waals surface area contributed by atoms with Crippen LogP contribution in [0.1, 0.15) is 18.9 Å². The van der Waals surface area contributed by atoms with Crippen LogP contribution in [-0.2, 0) is 0 Å². The van der Waals surface area contributed by atoms with Crippen LogP contribution in [0.5, 0.6) is 0 Å². The smallest absolute Gasteiger partial charge is 0.164 e. The van der Waals surface area contributed by atoms with E-state index in [0.717, 1.165) is 100 Å². The minimum atomic E-state index is 0.460. The van der Waals surface area contributed by atoms with Crippen molar-refractivity contribution in [3.8, 4) is 45.3 Å². The van der Waals surface area contributed by atoms with E-state index >= 15 is 0 Å². The highest BCUT2D eigenvalue weighted by molar-refractivity contribution is 6.08. The molecule has 0 saturated carbocycles. The van der Waals surface area contributed by atoms with Crippen LogP contribution in [0.4, 0.5) is 0 Å². The zero-order chi connectivity index (χ0) is 38.3. The fraction of sp³-hybridized carbons (Fsp3) is 0.0577. The van der Waals surface area contributed by atoms with Gasteiger partial charge in [0.1, 0.15) is 33.5 Å². The van der Waals surface area contributed by atoms with Crippen LogP contribution in [0.2, 0.25) is 0 Å². The molecular weight excluding hydrogens is 715 g/mol. The lowest BCUT2D eigenvalue weighted by Crippen LogP contribution is -2.00. The lowest BCUT2D eigenvalue weighted by Gasteiger charge is -2.17. The summed E-state index contributed by atoms with van der Waals surface area (Å²) in [6, 6.07) is 50.0. The van der Waals surface area contributed by atoms with Gasteiger partial charge in [0.25, 0.3) is 0 Å². The van der Waals surface area contributed by atoms with Crippen LogP contribution in [0.15, 0.2) is 177 Å². The summed E-state index contributed by atoms with van der Waals surface area (Å²) < 4.78 is 18.9. The molecule has 0 radical (unpaired) electrons. The second-order valence-corrected chi connectivity index (χ2v) is 15.2. The molecule has 6 heteroatoms. The Kier molecular flexibility index (Phi) is 7.17. The number of hydrogen-bond donors (Lipinski definition) is 0. The molecule has 0 aliphatic heterocycles. The van der Waals surface area contributed by atoms with Crippen molar-refractivity contribution in [2.24, 2.45) is 5.92 Å². The minimum Gasteiger partial charge on any atom is -0.456 e. The molecule has 1 aliphatic carbocycles. The Labute approximate surface area is 332 Å². The maximum absolute atomic E-state index is 6.55. The van der Waals surface area contributed by atoms with Crippen LogP contribution in [-0.4, -0.2) is 15.0 Å². The summed E-state index contributed by atoms with van der Waals surface area (Å²) in [7, 11) is 0. The molecule has 0 saturated heterocycles. The largest absolute Gasteiger partial charge is 0.456 e. The molecule has 0 bridgehead atoms. The third kappa shape index (κ3) is 5.30. The normalized spacial score (nSPS) is 14.4. The van der Waals surface area contributed by atoms with Gasteiger partial charge in [0.15, 0.2) is 17.5 Å². The first-order chi connectivity index (χ1) is 28.6. The standard InChI is InChI=1S/C52H33N3O3/c1-30-8-2-3-9-37(30)34-18-22-41-42-24-20-36(29-49(42)58-47(41)27-34)52-54-50(53-51(55-52)35-19-23-40-38-10-4-6-12-44(38)57-48(40)28-35)32-16-14-31(15-17-32)33-21-25-46-43(26-33)39-11-5-7-13-45(39)56-46/h2-7,9-30H,8H2,1H3. The Hall–Kier alpha value is -7.57. The molecular formula is C52H33N3O3. The van der Waals surface area contributed by atoms with Gasteiger partial charge in [-0.1, -0.05) is 110 Å². The Morgan fingerprint density at radius 2 is 0.845 bits per heavy atom. The average Bonchev–Trinajstić information content (AvgIpc) is 3.96. The van der Waals surface area contributed by atoms with Gasteiger partial charge in [0, 0.05) is 49.0 Å². The van der Waals surface area contributed by atoms with Crippen molar-refractivity contribution >= 4 is 71.4 Å². The Morgan fingerprint density at radius 3 is 1.48 bits per heavy atom. The summed E-state index contributed by atoms with van der Waals surface area (Å²) in [5, 5.41) is 6.47. The fourth-order valence-corrected chi connectivity index (χ4v) is 8.57. The van der Waals surface area contributed by atoms with Crippen molar-refractivity contribution in [3.63, 3.8) is 0 Å². The van der Waals surface area contributed by atoms with Gasteiger partial charge in [-0.2, -0.15) is 0 Å². The summed E-state index contributed by atoms with van der Waals surface area (Å²) >= 11 is 0. The van der Waals surface area contributed by atoms with Gasteiger partial charge >= 0.3 is 0 Å². The second kappa shape index (κ2) is 12.7. The molecule has 58 heavy (non-hydrogen) atoms. The van der Waals surface area contributed by atoms with E-state index in [2.05, 4.69) is 116 Å². The first kappa shape index (κ1) is 32.7. The number of rotatable bonds is 5. The van der Waals surface area contributed by atoms with E-state index in [9.17, 15) is 0 Å². The topological polar surface area (TPSA) is 78.1 Å². The van der Waals surface area contributed by atoms with Gasteiger partial charge < -0.3 is 13.3 Å². The van der Waals surface area contributed by atoms with E-state index in [4.69, 9.17) is 28.2 Å². The quantitative estimate of drug-likeness (QED) is 0.174. The van der Waals surface area contributed by atoms with Crippen molar-refractivity contribution < 1.29 is 13.3 Å². The second-order valence-electron chi connectivity index (χ2n) is 15.2. The maximum Gasteiger partial charge on any atom is 0.164 e. The van der Waals surface area contributed by atoms with Crippen LogP contribution >= 0.6 is 0 Å². The van der Waals surface area contributed by atoms with E-state index in [1.807, 2.05) is 54.6 Å². The van der Waals surface area contributed by atoms with E-state index in [0.29, 0.717) is 23.4 Å². The molecule has 274 valence electrons. The molecule has 4 aromatic heterocycles. The van der Waals surface area contributed by atoms with Crippen LogP contribution in [0.25, 0.3) is 117 Å². The molecule has 0 fully saturated rings. The number of fused-ring (bicyclic) bond motifs is 9. The lowest BCUT2D eigenvalue weighted by molar-refractivity contribution is 0.668. The molecule has 12 rings (SSSR count). The first-order valence-electron chi connectivity index (χ1n) is 19.6. The molecule has 4 heterocycles. The average molecular weight is 748 g/mol. The van der Waals surface area contributed by atoms with Crippen LogP contribution in [0.3, 0.4) is 0 Å². The predicted molar refractivity (Wildman–Crippen MR) is 234 cm³/mol. The molecule has 1 atom stereocenters. The highest BCUT2D eigenvalue weighted by Gasteiger charge is 2.18. The van der Waals surface area contributed by atoms with Crippen molar-refractivity contribution in [1.82, 2.24) is 15.0 Å². The number of hydrogen-bond acceptors (Lipinski definition) is 6. The number of benzene rings is 7. The summed E-state index contributed by atoms with van der Waals surface area (Å²) in [5.74, 6) is 2.15. The molecule has 1 unspecified atom stereocenters. The molecule has 0 spiro atoms. The first-order valence-corrected chi connectivity index (χ1v) is 19.6. The predicted octanol–water partition coefficient (Wildman–Crippen LogP) is 14.2. The fourth-order valence-electron chi connectivity index (χ4n) is 8.57. The Balaban J connectivity index is 0.968. The number of nitrogens with zero attached hydrogens (tertiary/aromatic N) is 3. The maximum atomic E-state index is 6.55. The molecule has 1 aliphatic rings. The summed E-state index contributed by atoms with van der Waals surface area (Å²) in [5.41, 5.74) is 12.3. The molecule has 6 nitrogen and oxygen atoms in total. The monoisotopic (exact) mass is 747 g/mol. The SMILES string of the molecule is CC1CC=CC=C1c1ccc2c(c1)oc1cc(-c3nc(-c4ccc(-c5ccc6oc7ccccc7c6c5)cc4)nc(-c4ccc5c(c4)oc4ccccc45)n3)ccc12. The number of aromatic nitrogens is 3. The van der Waals surface area contributed by atoms with Crippen LogP contribution < -0.4 is 0 Å². The highest BCUT2D eigenvalue weighted by atomic mass is 16.3. The van der Waals surface area contributed by atoms with Gasteiger partial charge in [-0.15, -0.1) is 0 Å². The van der Waals surface area contributed by atoms with Gasteiger partial charge in [-0.25, -0.2) is 15.0 Å². The van der Waals surface area contributed by atoms with Crippen LogP contribution in [0, 0.1) is 5.92 Å². The third-order valence-corrected chi connectivity index (χ3v) is 11.6. The van der Waals surface area contributed by atoms with Gasteiger partial charge in [-0.05, 0) is 95.3 Å². The number of allylic oxidation sites excluding steroid dienone is 4. The minimum absolute atomic E-state index is 0.460. The van der Waals surface area contributed by atoms with Crippen molar-refractivity contribution in [3.05, 3.63) is 169 Å². The summed E-state index contributed by atoms with van der Waals surface area (Å²) in [6.07, 6.45) is 7.63. The van der Waals surface area contributed by atoms with E-state index in [-0.39, 0.29) is 0 Å². The Bertz CT molecular complexity index is 3510. The molecule has 7 aromatic carbocycles. The highest BCUT2D eigenvalue weighted by Crippen LogP contribution is 2.38. The van der Waals surface area contributed by atoms with E-state index in [1.54, 1.807) is 0 Å². The van der Waals surface area contributed by atoms with Gasteiger partial charge in [-0.3, -0.25) is 0 Å². The lowest BCUT2D eigenvalue weighted by atomic mass is 9.88. The third-order valence-electron chi connectivity index (χ3n) is 11.6. The summed E-state index contributed by atoms with van der Waals surface area (Å²) in [6.45, 7) is 2.27. The zero-order valence-electron chi connectivity index (χ0n) is 31.4. The summed E-state index contributed by atoms with van der Waals surface area (Å²) in [4.78, 5) is 15.3. The van der Waals surface area contributed by atoms with Gasteiger partial charge in [0.2, 0.25) is 0 Å². The van der Waals surface area contributed by atoms with Crippen molar-refractivity contribution in [2.45, 2.75) is 13.3 Å². The molecule has 0 N–H and O–H groups in total. The van der Waals surface area contributed by atoms with E-state index < -0.39 is 0 Å². The number of furan rings is 3.